The van der Waals surface area contributed by atoms with Gasteiger partial charge in [0.05, 0.1) is 13.2 Å². The highest BCUT2D eigenvalue weighted by molar-refractivity contribution is 4.88. The SMILES string of the molecule is C.CC1CCN(C)CC1.CC1CCN(C)CC1.CC1CCN(C)CC1.CC1CCN(C)CC1.CN1CCCC1.CN1CCCCC1.CN1CCCCC1.CN1CCNCC1.CN1CCOCC1.Cn1cccc1. The van der Waals surface area contributed by atoms with Crippen molar-refractivity contribution in [3.05, 3.63) is 24.5 Å². The summed E-state index contributed by atoms with van der Waals surface area (Å²) in [5, 5.41) is 3.27. The molecule has 0 aromatic carbocycles. The molecule has 0 aliphatic carbocycles. The molecule has 1 N–H and O–H groups in total. The molecule has 12 nitrogen and oxygen atoms in total. The van der Waals surface area contributed by atoms with Gasteiger partial charge in [0.2, 0.25) is 0 Å². The first kappa shape index (κ1) is 71.8. The summed E-state index contributed by atoms with van der Waals surface area (Å²) in [4.78, 5) is 21.4. The van der Waals surface area contributed by atoms with E-state index in [0.29, 0.717) is 0 Å². The number of hydrogen-bond acceptors (Lipinski definition) is 11. The van der Waals surface area contributed by atoms with Gasteiger partial charge >= 0.3 is 0 Å². The average molecular weight is 1030 g/mol. The van der Waals surface area contributed by atoms with Crippen LogP contribution in [0.5, 0.6) is 0 Å². The van der Waals surface area contributed by atoms with Crippen LogP contribution in [-0.2, 0) is 11.8 Å². The monoisotopic (exact) mass is 1030 g/mol. The molecule has 10 rings (SSSR count). The maximum Gasteiger partial charge on any atom is 0.0594 e. The Bertz CT molecular complexity index is 1030. The van der Waals surface area contributed by atoms with Crippen molar-refractivity contribution in [2.75, 3.05) is 208 Å². The van der Waals surface area contributed by atoms with Crippen molar-refractivity contribution in [3.63, 3.8) is 0 Å². The number of piperazine rings is 1. The van der Waals surface area contributed by atoms with Crippen molar-refractivity contribution in [3.8, 4) is 0 Å². The van der Waals surface area contributed by atoms with E-state index in [1.165, 1.54) is 207 Å². The summed E-state index contributed by atoms with van der Waals surface area (Å²) in [7, 11) is 21.6. The van der Waals surface area contributed by atoms with Gasteiger partial charge < -0.3 is 58.7 Å². The van der Waals surface area contributed by atoms with Gasteiger partial charge in [-0.25, -0.2) is 0 Å². The van der Waals surface area contributed by atoms with E-state index in [-0.39, 0.29) is 7.43 Å². The fourth-order valence-corrected chi connectivity index (χ4v) is 9.38. The second-order valence-electron chi connectivity index (χ2n) is 24.0. The third kappa shape index (κ3) is 46.6. The van der Waals surface area contributed by atoms with Crippen molar-refractivity contribution in [2.45, 2.75) is 138 Å². The summed E-state index contributed by atoms with van der Waals surface area (Å²) in [5.41, 5.74) is 0. The summed E-state index contributed by atoms with van der Waals surface area (Å²) < 4.78 is 7.10. The average Bonchev–Trinajstić information content (AvgIpc) is 4.09. The van der Waals surface area contributed by atoms with Crippen LogP contribution in [0.3, 0.4) is 0 Å². The molecule has 0 bridgehead atoms. The molecule has 10 heterocycles. The maximum atomic E-state index is 5.10. The van der Waals surface area contributed by atoms with Crippen molar-refractivity contribution in [2.24, 2.45) is 30.7 Å². The predicted octanol–water partition coefficient (Wildman–Crippen LogP) is 9.44. The van der Waals surface area contributed by atoms with Gasteiger partial charge in [-0.3, -0.25) is 0 Å². The van der Waals surface area contributed by atoms with Crippen LogP contribution in [0.15, 0.2) is 24.5 Å². The summed E-state index contributed by atoms with van der Waals surface area (Å²) >= 11 is 0. The van der Waals surface area contributed by atoms with E-state index < -0.39 is 0 Å². The maximum absolute atomic E-state index is 5.10. The van der Waals surface area contributed by atoms with Crippen molar-refractivity contribution in [1.82, 2.24) is 54.0 Å². The van der Waals surface area contributed by atoms with Crippen LogP contribution < -0.4 is 5.32 Å². The number of ether oxygens (including phenoxy) is 1. The van der Waals surface area contributed by atoms with E-state index in [0.717, 1.165) is 63.1 Å². The molecule has 9 aliphatic rings. The first-order valence-electron chi connectivity index (χ1n) is 30.0. The fourth-order valence-electron chi connectivity index (χ4n) is 9.38. The molecular formula is C61H131N11O. The second-order valence-corrected chi connectivity index (χ2v) is 24.0. The number of likely N-dealkylation sites (tertiary alicyclic amines) is 7. The van der Waals surface area contributed by atoms with Gasteiger partial charge in [-0.1, -0.05) is 48.0 Å². The zero-order valence-electron chi connectivity index (χ0n) is 50.9. The molecule has 9 fully saturated rings. The zero-order valence-corrected chi connectivity index (χ0v) is 50.9. The predicted molar refractivity (Wildman–Crippen MR) is 324 cm³/mol. The molecule has 436 valence electrons. The van der Waals surface area contributed by atoms with Gasteiger partial charge in [-0.2, -0.15) is 0 Å². The van der Waals surface area contributed by atoms with Crippen LogP contribution in [0.4, 0.5) is 0 Å². The van der Waals surface area contributed by atoms with E-state index in [1.807, 2.05) is 36.1 Å². The number of morpholine rings is 1. The minimum atomic E-state index is 0. The minimum absolute atomic E-state index is 0. The van der Waals surface area contributed by atoms with E-state index in [1.54, 1.807) is 0 Å². The number of nitrogens with zero attached hydrogens (tertiary/aromatic N) is 10. The Labute approximate surface area is 457 Å². The lowest BCUT2D eigenvalue weighted by Crippen LogP contribution is -2.40. The lowest BCUT2D eigenvalue weighted by Gasteiger charge is -2.26. The van der Waals surface area contributed by atoms with E-state index in [9.17, 15) is 0 Å². The number of hydrogen-bond donors (Lipinski definition) is 1. The van der Waals surface area contributed by atoms with Crippen molar-refractivity contribution < 1.29 is 4.74 Å². The molecule has 0 atom stereocenters. The zero-order chi connectivity index (χ0) is 53.2. The summed E-state index contributed by atoms with van der Waals surface area (Å²) in [6.07, 6.45) is 26.6. The third-order valence-electron chi connectivity index (χ3n) is 15.8. The van der Waals surface area contributed by atoms with Crippen LogP contribution in [0.2, 0.25) is 0 Å². The number of nitrogens with one attached hydrogen (secondary N) is 1. The molecular weight excluding hydrogens is 903 g/mol. The third-order valence-corrected chi connectivity index (χ3v) is 15.8. The molecule has 0 saturated carbocycles. The van der Waals surface area contributed by atoms with E-state index in [2.05, 4.69) is 141 Å². The molecule has 1 aromatic rings. The number of likely N-dealkylation sites (N-methyl/N-ethyl adjacent to an activating group) is 2. The molecule has 9 saturated heterocycles. The highest BCUT2D eigenvalue weighted by Crippen LogP contribution is 2.16. The van der Waals surface area contributed by atoms with Gasteiger partial charge in [-0.05, 0) is 281 Å². The molecule has 0 unspecified atom stereocenters. The van der Waals surface area contributed by atoms with Gasteiger partial charge in [-0.15, -0.1) is 0 Å². The summed E-state index contributed by atoms with van der Waals surface area (Å²) in [6, 6.07) is 4.00. The first-order chi connectivity index (χ1) is 34.5. The van der Waals surface area contributed by atoms with Gasteiger partial charge in [0.15, 0.2) is 0 Å². The molecule has 0 radical (unpaired) electrons. The van der Waals surface area contributed by atoms with Crippen LogP contribution in [0.1, 0.15) is 138 Å². The lowest BCUT2D eigenvalue weighted by atomic mass is 10.00. The Morgan fingerprint density at radius 3 is 0.658 bits per heavy atom. The highest BCUT2D eigenvalue weighted by atomic mass is 16.5. The van der Waals surface area contributed by atoms with E-state index >= 15 is 0 Å². The topological polar surface area (TPSA) is 55.4 Å². The normalized spacial score (nSPS) is 24.0. The number of aryl methyl sites for hydroxylation is 1. The molecule has 0 spiro atoms. The van der Waals surface area contributed by atoms with Gasteiger partial charge in [0, 0.05) is 58.7 Å². The Morgan fingerprint density at radius 2 is 0.521 bits per heavy atom. The molecule has 1 aromatic heterocycles. The largest absolute Gasteiger partial charge is 0.379 e. The Kier molecular flexibility index (Phi) is 47.2. The van der Waals surface area contributed by atoms with Crippen LogP contribution in [0, 0.1) is 23.7 Å². The fraction of sp³-hybridized carbons (Fsp3) is 0.934. The molecule has 9 aliphatic heterocycles. The standard InChI is InChI=1S/4C7H15N.2C6H13N.C5H12N2.C5H11NO.C5H11N.C5H7N.CH4/c4*1-7-3-5-8(2)6-4-7;2*1-7-5-3-2-4-6-7;1-7-4-2-6-3-5-7;1-6-2-4-7-5-3-6;2*1-6-4-2-3-5-6;/h4*7H,3-6H2,1-2H3;2*2-6H2,1H3;6H,2-5H2,1H3;2-5H2,1H3;2-5H2,1H3;2-5H,1H3;1H4. The Balaban J connectivity index is 0.000000789. The van der Waals surface area contributed by atoms with Gasteiger partial charge in [0.25, 0.3) is 0 Å². The minimum Gasteiger partial charge on any atom is -0.379 e. The number of rotatable bonds is 0. The molecule has 0 amide bonds. The van der Waals surface area contributed by atoms with Crippen LogP contribution in [-0.4, -0.2) is 256 Å². The molecule has 73 heavy (non-hydrogen) atoms. The summed E-state index contributed by atoms with van der Waals surface area (Å²) in [6.45, 7) is 36.5. The first-order valence-corrected chi connectivity index (χ1v) is 30.0. The smallest absolute Gasteiger partial charge is 0.0594 e. The van der Waals surface area contributed by atoms with Crippen LogP contribution in [0.25, 0.3) is 0 Å². The highest BCUT2D eigenvalue weighted by Gasteiger charge is 2.14. The number of piperidine rings is 6. The van der Waals surface area contributed by atoms with Crippen LogP contribution >= 0.6 is 0 Å². The Morgan fingerprint density at radius 1 is 0.301 bits per heavy atom. The number of aromatic nitrogens is 1. The van der Waals surface area contributed by atoms with Crippen molar-refractivity contribution in [1.29, 1.82) is 0 Å². The quantitative estimate of drug-likeness (QED) is 0.271. The van der Waals surface area contributed by atoms with Gasteiger partial charge in [0.1, 0.15) is 0 Å². The van der Waals surface area contributed by atoms with Crippen molar-refractivity contribution >= 4 is 0 Å². The second kappa shape index (κ2) is 48.0. The van der Waals surface area contributed by atoms with E-state index in [4.69, 9.17) is 4.74 Å². The Hall–Kier alpha value is -1.16. The lowest BCUT2D eigenvalue weighted by molar-refractivity contribution is 0.0503. The summed E-state index contributed by atoms with van der Waals surface area (Å²) in [5.74, 6) is 3.91. The molecule has 12 heteroatoms.